The first-order valence-electron chi connectivity index (χ1n) is 10.9. The van der Waals surface area contributed by atoms with E-state index in [2.05, 4.69) is 34.1 Å². The van der Waals surface area contributed by atoms with Gasteiger partial charge in [-0.1, -0.05) is 48.5 Å². The molecule has 30 heavy (non-hydrogen) atoms. The third-order valence-corrected chi connectivity index (χ3v) is 6.22. The molecule has 1 N–H and O–H groups in total. The number of hydrogen-bond donors (Lipinski definition) is 1. The van der Waals surface area contributed by atoms with E-state index in [0.29, 0.717) is 31.4 Å². The number of hydrogen-bond acceptors (Lipinski definition) is 2. The van der Waals surface area contributed by atoms with Crippen molar-refractivity contribution in [2.24, 2.45) is 5.92 Å². The molecule has 0 radical (unpaired) electrons. The molecule has 1 saturated heterocycles. The van der Waals surface area contributed by atoms with Crippen molar-refractivity contribution in [2.75, 3.05) is 13.1 Å². The van der Waals surface area contributed by atoms with Gasteiger partial charge in [0, 0.05) is 36.6 Å². The Hall–Kier alpha value is -3.08. The van der Waals surface area contributed by atoms with E-state index in [1.807, 2.05) is 41.3 Å². The summed E-state index contributed by atoms with van der Waals surface area (Å²) in [5.41, 5.74) is 2.92. The van der Waals surface area contributed by atoms with Gasteiger partial charge in [-0.25, -0.2) is 0 Å². The number of nitrogens with one attached hydrogen (secondary N) is 1. The molecule has 0 spiro atoms. The van der Waals surface area contributed by atoms with Crippen LogP contribution in [0.4, 0.5) is 0 Å². The molecule has 1 aromatic heterocycles. The number of carbonyl (C=O) groups excluding carboxylic acids is 2. The number of likely N-dealkylation sites (tertiary alicyclic amines) is 1. The van der Waals surface area contributed by atoms with Gasteiger partial charge < -0.3 is 14.8 Å². The van der Waals surface area contributed by atoms with Gasteiger partial charge in [-0.3, -0.25) is 9.59 Å². The van der Waals surface area contributed by atoms with Crippen LogP contribution in [-0.4, -0.2) is 40.4 Å². The summed E-state index contributed by atoms with van der Waals surface area (Å²) in [6.45, 7) is 1.86. The molecule has 1 atom stereocenters. The molecule has 1 aliphatic carbocycles. The van der Waals surface area contributed by atoms with Crippen LogP contribution in [0.1, 0.15) is 41.7 Å². The van der Waals surface area contributed by atoms with Crippen molar-refractivity contribution in [1.82, 2.24) is 14.8 Å². The van der Waals surface area contributed by atoms with Crippen LogP contribution in [0.3, 0.4) is 0 Å². The lowest BCUT2D eigenvalue weighted by Crippen LogP contribution is -2.46. The number of nitrogens with zero attached hydrogens (tertiary/aromatic N) is 2. The predicted molar refractivity (Wildman–Crippen MR) is 117 cm³/mol. The lowest BCUT2D eigenvalue weighted by molar-refractivity contribution is -0.126. The van der Waals surface area contributed by atoms with Crippen molar-refractivity contribution in [2.45, 2.75) is 38.3 Å². The first-order valence-corrected chi connectivity index (χ1v) is 10.9. The Morgan fingerprint density at radius 1 is 0.967 bits per heavy atom. The number of amides is 2. The molecule has 0 bridgehead atoms. The molecular weight excluding hydrogens is 374 g/mol. The van der Waals surface area contributed by atoms with Gasteiger partial charge in [-0.05, 0) is 43.4 Å². The third kappa shape index (κ3) is 3.84. The van der Waals surface area contributed by atoms with Gasteiger partial charge in [0.25, 0.3) is 5.91 Å². The van der Waals surface area contributed by atoms with Gasteiger partial charge in [-0.2, -0.15) is 0 Å². The van der Waals surface area contributed by atoms with Crippen LogP contribution in [0.15, 0.2) is 60.7 Å². The standard InChI is InChI=1S/C25H27N3O2/c29-24(26-21-12-13-21)20-10-6-14-27(17-20)25(30)23-15-19-9-4-5-11-22(19)28(23)16-18-7-2-1-3-8-18/h1-5,7-9,11,15,20-21H,6,10,12-14,16-17H2,(H,26,29). The fourth-order valence-corrected chi connectivity index (χ4v) is 4.41. The van der Waals surface area contributed by atoms with Crippen LogP contribution in [0.25, 0.3) is 10.9 Å². The molecular formula is C25H27N3O2. The van der Waals surface area contributed by atoms with Crippen LogP contribution >= 0.6 is 0 Å². The molecule has 2 fully saturated rings. The number of fused-ring (bicyclic) bond motifs is 1. The molecule has 5 nitrogen and oxygen atoms in total. The summed E-state index contributed by atoms with van der Waals surface area (Å²) >= 11 is 0. The minimum atomic E-state index is -0.102. The predicted octanol–water partition coefficient (Wildman–Crippen LogP) is 3.82. The highest BCUT2D eigenvalue weighted by molar-refractivity contribution is 5.99. The fourth-order valence-electron chi connectivity index (χ4n) is 4.41. The summed E-state index contributed by atoms with van der Waals surface area (Å²) in [5.74, 6) is 0.0288. The number of carbonyl (C=O) groups is 2. The van der Waals surface area contributed by atoms with Crippen LogP contribution < -0.4 is 5.32 Å². The molecule has 2 aromatic carbocycles. The van der Waals surface area contributed by atoms with E-state index in [1.165, 1.54) is 0 Å². The van der Waals surface area contributed by atoms with Crippen molar-refractivity contribution in [3.63, 3.8) is 0 Å². The molecule has 2 amide bonds. The van der Waals surface area contributed by atoms with E-state index in [1.54, 1.807) is 0 Å². The number of para-hydroxylation sites is 1. The second-order valence-corrected chi connectivity index (χ2v) is 8.53. The van der Waals surface area contributed by atoms with E-state index < -0.39 is 0 Å². The average Bonchev–Trinajstić information content (AvgIpc) is 3.53. The summed E-state index contributed by atoms with van der Waals surface area (Å²) in [6.07, 6.45) is 3.89. The first kappa shape index (κ1) is 18.9. The normalized spacial score (nSPS) is 19.1. The SMILES string of the molecule is O=C(NC1CC1)C1CCCN(C(=O)c2cc3ccccc3n2Cc2ccccc2)C1. The monoisotopic (exact) mass is 401 g/mol. The zero-order valence-electron chi connectivity index (χ0n) is 17.1. The van der Waals surface area contributed by atoms with Crippen molar-refractivity contribution in [1.29, 1.82) is 0 Å². The maximum Gasteiger partial charge on any atom is 0.270 e. The van der Waals surface area contributed by atoms with E-state index in [4.69, 9.17) is 0 Å². The average molecular weight is 402 g/mol. The Labute approximate surface area is 176 Å². The molecule has 1 saturated carbocycles. The highest BCUT2D eigenvalue weighted by Gasteiger charge is 2.33. The smallest absolute Gasteiger partial charge is 0.270 e. The minimum Gasteiger partial charge on any atom is -0.353 e. The number of aromatic nitrogens is 1. The van der Waals surface area contributed by atoms with E-state index in [0.717, 1.165) is 42.1 Å². The number of benzene rings is 2. The van der Waals surface area contributed by atoms with E-state index in [9.17, 15) is 9.59 Å². The zero-order valence-corrected chi connectivity index (χ0v) is 17.1. The van der Waals surface area contributed by atoms with Crippen molar-refractivity contribution in [3.8, 4) is 0 Å². The summed E-state index contributed by atoms with van der Waals surface area (Å²) in [6, 6.07) is 20.7. The van der Waals surface area contributed by atoms with Crippen LogP contribution in [0.2, 0.25) is 0 Å². The Morgan fingerprint density at radius 3 is 2.53 bits per heavy atom. The topological polar surface area (TPSA) is 54.3 Å². The minimum absolute atomic E-state index is 0.0195. The van der Waals surface area contributed by atoms with E-state index >= 15 is 0 Å². The second-order valence-electron chi connectivity index (χ2n) is 8.53. The first-order chi connectivity index (χ1) is 14.7. The molecule has 1 unspecified atom stereocenters. The van der Waals surface area contributed by atoms with Gasteiger partial charge in [0.05, 0.1) is 5.92 Å². The highest BCUT2D eigenvalue weighted by atomic mass is 16.2. The lowest BCUT2D eigenvalue weighted by Gasteiger charge is -2.32. The van der Waals surface area contributed by atoms with Crippen LogP contribution in [0.5, 0.6) is 0 Å². The quantitative estimate of drug-likeness (QED) is 0.707. The Kier molecular flexibility index (Phi) is 5.03. The summed E-state index contributed by atoms with van der Waals surface area (Å²) in [5, 5.41) is 4.17. The maximum atomic E-state index is 13.6. The van der Waals surface area contributed by atoms with Crippen LogP contribution in [-0.2, 0) is 11.3 Å². The summed E-state index contributed by atoms with van der Waals surface area (Å²) in [4.78, 5) is 28.0. The molecule has 1 aliphatic heterocycles. The highest BCUT2D eigenvalue weighted by Crippen LogP contribution is 2.26. The van der Waals surface area contributed by atoms with E-state index in [-0.39, 0.29) is 17.7 Å². The van der Waals surface area contributed by atoms with Gasteiger partial charge in [0.2, 0.25) is 5.91 Å². The third-order valence-electron chi connectivity index (χ3n) is 6.22. The molecule has 5 heteroatoms. The van der Waals surface area contributed by atoms with Crippen LogP contribution in [0, 0.1) is 5.92 Å². The maximum absolute atomic E-state index is 13.6. The van der Waals surface area contributed by atoms with Gasteiger partial charge in [-0.15, -0.1) is 0 Å². The Bertz CT molecular complexity index is 1070. The van der Waals surface area contributed by atoms with Crippen molar-refractivity contribution in [3.05, 3.63) is 71.9 Å². The second kappa shape index (κ2) is 7.98. The molecule has 2 heterocycles. The summed E-state index contributed by atoms with van der Waals surface area (Å²) < 4.78 is 2.11. The summed E-state index contributed by atoms with van der Waals surface area (Å²) in [7, 11) is 0. The Balaban J connectivity index is 1.42. The Morgan fingerprint density at radius 2 is 1.73 bits per heavy atom. The number of piperidine rings is 1. The molecule has 5 rings (SSSR count). The van der Waals surface area contributed by atoms with Gasteiger partial charge in [0.1, 0.15) is 5.69 Å². The molecule has 154 valence electrons. The lowest BCUT2D eigenvalue weighted by atomic mass is 9.96. The van der Waals surface area contributed by atoms with Crippen molar-refractivity contribution >= 4 is 22.7 Å². The molecule has 3 aromatic rings. The fraction of sp³-hybridized carbons (Fsp3) is 0.360. The van der Waals surface area contributed by atoms with Gasteiger partial charge in [0.15, 0.2) is 0 Å². The molecule has 2 aliphatic rings. The zero-order chi connectivity index (χ0) is 20.5. The number of rotatable bonds is 5. The van der Waals surface area contributed by atoms with Crippen molar-refractivity contribution < 1.29 is 9.59 Å². The van der Waals surface area contributed by atoms with Gasteiger partial charge >= 0.3 is 0 Å². The largest absolute Gasteiger partial charge is 0.353 e.